The van der Waals surface area contributed by atoms with Crippen molar-refractivity contribution < 1.29 is 9.18 Å². The van der Waals surface area contributed by atoms with Crippen molar-refractivity contribution in [3.63, 3.8) is 0 Å². The zero-order valence-corrected chi connectivity index (χ0v) is 17.7. The molecular formula is C20H11Cl2FN2O2S2. The Morgan fingerprint density at radius 2 is 1.93 bits per heavy atom. The molecule has 2 aromatic carbocycles. The van der Waals surface area contributed by atoms with Gasteiger partial charge in [0.2, 0.25) is 0 Å². The van der Waals surface area contributed by atoms with Gasteiger partial charge >= 0.3 is 0 Å². The molecule has 2 aromatic heterocycles. The average Bonchev–Trinajstić information content (AvgIpc) is 3.15. The number of Topliss-reactive ketones (excluding diaryl/α,β-unsaturated/α-hetero) is 1. The number of hydrogen-bond acceptors (Lipinski definition) is 5. The third-order valence-electron chi connectivity index (χ3n) is 4.09. The topological polar surface area (TPSA) is 52.0 Å². The van der Waals surface area contributed by atoms with Crippen LogP contribution >= 0.6 is 46.3 Å². The lowest BCUT2D eigenvalue weighted by molar-refractivity contribution is 0.102. The smallest absolute Gasteiger partial charge is 0.266 e. The van der Waals surface area contributed by atoms with Crippen molar-refractivity contribution in [1.82, 2.24) is 9.55 Å². The molecule has 0 amide bonds. The molecule has 0 unspecified atom stereocenters. The lowest BCUT2D eigenvalue weighted by atomic mass is 10.2. The molecule has 29 heavy (non-hydrogen) atoms. The van der Waals surface area contributed by atoms with Gasteiger partial charge in [0.15, 0.2) is 10.9 Å². The number of nitrogens with zero attached hydrogens (tertiary/aromatic N) is 2. The second-order valence-electron chi connectivity index (χ2n) is 5.97. The van der Waals surface area contributed by atoms with Gasteiger partial charge in [0, 0.05) is 0 Å². The Hall–Kier alpha value is -2.19. The van der Waals surface area contributed by atoms with E-state index in [-0.39, 0.29) is 22.1 Å². The predicted octanol–water partition coefficient (Wildman–Crippen LogP) is 5.87. The molecule has 4 nitrogen and oxygen atoms in total. The molecule has 0 fully saturated rings. The van der Waals surface area contributed by atoms with Gasteiger partial charge in [-0.1, -0.05) is 47.1 Å². The lowest BCUT2D eigenvalue weighted by Gasteiger charge is -2.13. The highest BCUT2D eigenvalue weighted by molar-refractivity contribution is 7.99. The molecule has 0 saturated carbocycles. The molecule has 0 aliphatic carbocycles. The van der Waals surface area contributed by atoms with Crippen LogP contribution < -0.4 is 5.56 Å². The van der Waals surface area contributed by atoms with Crippen LogP contribution in [0.5, 0.6) is 0 Å². The Morgan fingerprint density at radius 3 is 2.66 bits per heavy atom. The van der Waals surface area contributed by atoms with Gasteiger partial charge in [0.05, 0.1) is 36.6 Å². The van der Waals surface area contributed by atoms with E-state index in [9.17, 15) is 14.0 Å². The Kier molecular flexibility index (Phi) is 5.74. The van der Waals surface area contributed by atoms with Crippen molar-refractivity contribution in [2.24, 2.45) is 0 Å². The quantitative estimate of drug-likeness (QED) is 0.210. The number of para-hydroxylation sites is 1. The van der Waals surface area contributed by atoms with E-state index in [1.165, 1.54) is 34.1 Å². The van der Waals surface area contributed by atoms with Crippen LogP contribution in [0.25, 0.3) is 16.6 Å². The highest BCUT2D eigenvalue weighted by Gasteiger charge is 2.17. The van der Waals surface area contributed by atoms with Gasteiger partial charge in [0.1, 0.15) is 5.82 Å². The first-order valence-electron chi connectivity index (χ1n) is 8.32. The van der Waals surface area contributed by atoms with Crippen LogP contribution in [-0.4, -0.2) is 21.1 Å². The number of thioether (sulfide) groups is 1. The summed E-state index contributed by atoms with van der Waals surface area (Å²) in [5.41, 5.74) is 0.553. The van der Waals surface area contributed by atoms with Crippen molar-refractivity contribution in [1.29, 1.82) is 0 Å². The van der Waals surface area contributed by atoms with Gasteiger partial charge in [-0.05, 0) is 42.5 Å². The van der Waals surface area contributed by atoms with E-state index >= 15 is 0 Å². The van der Waals surface area contributed by atoms with Gasteiger partial charge in [-0.15, -0.1) is 11.3 Å². The van der Waals surface area contributed by atoms with Crippen LogP contribution in [0.2, 0.25) is 9.36 Å². The van der Waals surface area contributed by atoms with Crippen molar-refractivity contribution in [3.8, 4) is 5.69 Å². The first-order chi connectivity index (χ1) is 13.9. The number of benzene rings is 2. The standard InChI is InChI=1S/C20H11Cl2FN2O2S2/c21-13-9-11(5-6-14(13)23)25-19(27)12-3-1-2-4-15(12)24-20(25)28-10-16(26)17-7-8-18(22)29-17/h1-9H,10H2. The zero-order valence-electron chi connectivity index (χ0n) is 14.6. The summed E-state index contributed by atoms with van der Waals surface area (Å²) in [5.74, 6) is -0.648. The van der Waals surface area contributed by atoms with E-state index in [0.717, 1.165) is 11.8 Å². The summed E-state index contributed by atoms with van der Waals surface area (Å²) < 4.78 is 15.5. The third kappa shape index (κ3) is 4.09. The van der Waals surface area contributed by atoms with Gasteiger partial charge in [-0.25, -0.2) is 9.37 Å². The van der Waals surface area contributed by atoms with Crippen molar-refractivity contribution in [2.45, 2.75) is 5.16 Å². The number of carbonyl (C=O) groups is 1. The molecule has 0 aliphatic rings. The third-order valence-corrected chi connectivity index (χ3v) is 6.59. The molecule has 0 spiro atoms. The Labute approximate surface area is 182 Å². The predicted molar refractivity (Wildman–Crippen MR) is 117 cm³/mol. The number of fused-ring (bicyclic) bond motifs is 1. The summed E-state index contributed by atoms with van der Waals surface area (Å²) >= 11 is 14.1. The normalized spacial score (nSPS) is 11.1. The Bertz CT molecular complexity index is 1300. The number of hydrogen-bond donors (Lipinski definition) is 0. The SMILES string of the molecule is O=C(CSc1nc2ccccc2c(=O)n1-c1ccc(F)c(Cl)c1)c1ccc(Cl)s1. The highest BCUT2D eigenvalue weighted by Crippen LogP contribution is 2.27. The molecule has 0 radical (unpaired) electrons. The Morgan fingerprint density at radius 1 is 1.14 bits per heavy atom. The minimum atomic E-state index is -0.587. The monoisotopic (exact) mass is 464 g/mol. The van der Waals surface area contributed by atoms with Crippen LogP contribution in [-0.2, 0) is 0 Å². The Balaban J connectivity index is 1.80. The van der Waals surface area contributed by atoms with Crippen LogP contribution in [0, 0.1) is 5.82 Å². The second kappa shape index (κ2) is 8.28. The molecular weight excluding hydrogens is 454 g/mol. The van der Waals surface area contributed by atoms with E-state index in [1.54, 1.807) is 36.4 Å². The summed E-state index contributed by atoms with van der Waals surface area (Å²) in [6, 6.07) is 14.2. The molecule has 4 aromatic rings. The molecule has 2 heterocycles. The largest absolute Gasteiger partial charge is 0.292 e. The average molecular weight is 465 g/mol. The molecule has 0 bridgehead atoms. The van der Waals surface area contributed by atoms with E-state index < -0.39 is 5.82 Å². The molecule has 146 valence electrons. The first-order valence-corrected chi connectivity index (χ1v) is 10.9. The fraction of sp³-hybridized carbons (Fsp3) is 0.0500. The lowest BCUT2D eigenvalue weighted by Crippen LogP contribution is -2.22. The molecule has 9 heteroatoms. The summed E-state index contributed by atoms with van der Waals surface area (Å²) in [6.45, 7) is 0. The molecule has 0 aliphatic heterocycles. The maximum absolute atomic E-state index is 13.6. The first kappa shape index (κ1) is 20.1. The maximum Gasteiger partial charge on any atom is 0.266 e. The van der Waals surface area contributed by atoms with Gasteiger partial charge in [0.25, 0.3) is 5.56 Å². The van der Waals surface area contributed by atoms with E-state index in [0.29, 0.717) is 31.0 Å². The minimum absolute atomic E-state index is 0.0660. The maximum atomic E-state index is 13.6. The minimum Gasteiger partial charge on any atom is -0.292 e. The van der Waals surface area contributed by atoms with Crippen LogP contribution in [0.4, 0.5) is 4.39 Å². The molecule has 0 N–H and O–H groups in total. The van der Waals surface area contributed by atoms with Crippen molar-refractivity contribution in [3.05, 3.63) is 85.0 Å². The number of ketones is 1. The highest BCUT2D eigenvalue weighted by atomic mass is 35.5. The number of halogens is 3. The van der Waals surface area contributed by atoms with Crippen molar-refractivity contribution in [2.75, 3.05) is 5.75 Å². The molecule has 4 rings (SSSR count). The molecule has 0 saturated heterocycles. The van der Waals surface area contributed by atoms with Gasteiger partial charge in [-0.3, -0.25) is 14.2 Å². The van der Waals surface area contributed by atoms with E-state index in [4.69, 9.17) is 23.2 Å². The number of carbonyl (C=O) groups excluding carboxylic acids is 1. The number of thiophene rings is 1. The molecule has 0 atom stereocenters. The van der Waals surface area contributed by atoms with Crippen LogP contribution in [0.1, 0.15) is 9.67 Å². The number of aromatic nitrogens is 2. The fourth-order valence-corrected chi connectivity index (χ4v) is 4.87. The number of rotatable bonds is 5. The van der Waals surface area contributed by atoms with Crippen molar-refractivity contribution >= 4 is 63.0 Å². The van der Waals surface area contributed by atoms with Crippen LogP contribution in [0.15, 0.2) is 64.5 Å². The van der Waals surface area contributed by atoms with Gasteiger partial charge in [-0.2, -0.15) is 0 Å². The summed E-state index contributed by atoms with van der Waals surface area (Å²) in [4.78, 5) is 30.7. The summed E-state index contributed by atoms with van der Waals surface area (Å²) in [6.07, 6.45) is 0. The summed E-state index contributed by atoms with van der Waals surface area (Å²) in [5, 5.41) is 0.615. The zero-order chi connectivity index (χ0) is 20.5. The summed E-state index contributed by atoms with van der Waals surface area (Å²) in [7, 11) is 0. The fourth-order valence-electron chi connectivity index (χ4n) is 2.73. The second-order valence-corrected chi connectivity index (χ2v) is 9.03. The van der Waals surface area contributed by atoms with Gasteiger partial charge < -0.3 is 0 Å². The van der Waals surface area contributed by atoms with Crippen LogP contribution in [0.3, 0.4) is 0 Å². The van der Waals surface area contributed by atoms with E-state index in [1.807, 2.05) is 0 Å². The van der Waals surface area contributed by atoms with E-state index in [2.05, 4.69) is 4.98 Å².